The van der Waals surface area contributed by atoms with Gasteiger partial charge in [0, 0.05) is 24.0 Å². The molecule has 0 unspecified atom stereocenters. The van der Waals surface area contributed by atoms with E-state index in [4.69, 9.17) is 4.74 Å². The number of hydrogen-bond acceptors (Lipinski definition) is 7. The first-order chi connectivity index (χ1) is 13.6. The van der Waals surface area contributed by atoms with Crippen molar-refractivity contribution in [2.45, 2.75) is 30.4 Å². The van der Waals surface area contributed by atoms with Crippen LogP contribution in [0.1, 0.15) is 20.8 Å². The van der Waals surface area contributed by atoms with Gasteiger partial charge in [-0.05, 0) is 32.9 Å². The average molecular weight is 418 g/mol. The molecule has 0 bridgehead atoms. The zero-order chi connectivity index (χ0) is 21.4. The molecule has 0 radical (unpaired) electrons. The number of rotatable bonds is 4. The van der Waals surface area contributed by atoms with Crippen LogP contribution in [0.5, 0.6) is 5.75 Å². The minimum absolute atomic E-state index is 0.0798. The molecule has 9 nitrogen and oxygen atoms in total. The third-order valence-corrected chi connectivity index (χ3v) is 6.86. The Morgan fingerprint density at radius 3 is 2.41 bits per heavy atom. The second-order valence-corrected chi connectivity index (χ2v) is 9.91. The van der Waals surface area contributed by atoms with Gasteiger partial charge in [0.2, 0.25) is 0 Å². The summed E-state index contributed by atoms with van der Waals surface area (Å²) in [6, 6.07) is 4.94. The summed E-state index contributed by atoms with van der Waals surface area (Å²) < 4.78 is 36.6. The number of nitrogens with zero attached hydrogens (tertiary/aromatic N) is 3. The van der Waals surface area contributed by atoms with E-state index in [0.717, 1.165) is 0 Å². The highest BCUT2D eigenvalue weighted by Gasteiger charge is 2.34. The molecule has 1 amide bonds. The quantitative estimate of drug-likeness (QED) is 0.692. The van der Waals surface area contributed by atoms with E-state index in [9.17, 15) is 13.2 Å². The number of ether oxygens (including phenoxy) is 2. The van der Waals surface area contributed by atoms with Crippen molar-refractivity contribution in [1.82, 2.24) is 14.4 Å². The van der Waals surface area contributed by atoms with Gasteiger partial charge in [-0.25, -0.2) is 23.2 Å². The van der Waals surface area contributed by atoms with Crippen molar-refractivity contribution in [2.75, 3.05) is 19.5 Å². The van der Waals surface area contributed by atoms with Crippen molar-refractivity contribution < 1.29 is 22.7 Å². The first-order valence-electron chi connectivity index (χ1n) is 8.69. The molecule has 3 aromatic rings. The Morgan fingerprint density at radius 2 is 1.86 bits per heavy atom. The fourth-order valence-corrected chi connectivity index (χ4v) is 3.98. The monoisotopic (exact) mass is 418 g/mol. The van der Waals surface area contributed by atoms with Crippen LogP contribution < -0.4 is 10.1 Å². The van der Waals surface area contributed by atoms with Crippen LogP contribution in [0.25, 0.3) is 16.9 Å². The summed E-state index contributed by atoms with van der Waals surface area (Å²) in [5.41, 5.74) is 1.86. The second kappa shape index (κ2) is 7.36. The van der Waals surface area contributed by atoms with E-state index >= 15 is 0 Å². The number of imidazole rings is 1. The molecule has 0 aliphatic carbocycles. The largest absolute Gasteiger partial charge is 0.495 e. The molecule has 0 saturated heterocycles. The molecule has 29 heavy (non-hydrogen) atoms. The smallest absolute Gasteiger partial charge is 0.412 e. The van der Waals surface area contributed by atoms with Gasteiger partial charge in [0.1, 0.15) is 22.1 Å². The summed E-state index contributed by atoms with van der Waals surface area (Å²) in [6.45, 7) is 4.91. The van der Waals surface area contributed by atoms with Crippen LogP contribution in [-0.2, 0) is 14.6 Å². The lowest BCUT2D eigenvalue weighted by molar-refractivity contribution is 0.187. The number of methoxy groups -OCH3 is 2. The van der Waals surface area contributed by atoms with Crippen LogP contribution in [0.4, 0.5) is 10.6 Å². The van der Waals surface area contributed by atoms with Crippen LogP contribution in [0.3, 0.4) is 0 Å². The summed E-state index contributed by atoms with van der Waals surface area (Å²) in [5.74, 6) is 0.562. The van der Waals surface area contributed by atoms with E-state index < -0.39 is 20.7 Å². The van der Waals surface area contributed by atoms with Gasteiger partial charge in [-0.15, -0.1) is 0 Å². The molecule has 0 aliphatic heterocycles. The number of amides is 1. The van der Waals surface area contributed by atoms with Gasteiger partial charge in [-0.1, -0.05) is 0 Å². The summed E-state index contributed by atoms with van der Waals surface area (Å²) in [4.78, 5) is 19.9. The van der Waals surface area contributed by atoms with Crippen LogP contribution >= 0.6 is 0 Å². The Hall–Kier alpha value is -3.14. The van der Waals surface area contributed by atoms with Crippen molar-refractivity contribution >= 4 is 27.4 Å². The Kier molecular flexibility index (Phi) is 5.22. The molecular weight excluding hydrogens is 396 g/mol. The maximum atomic E-state index is 13.0. The molecule has 0 aliphatic rings. The van der Waals surface area contributed by atoms with Crippen molar-refractivity contribution in [1.29, 1.82) is 0 Å². The molecule has 3 heterocycles. The van der Waals surface area contributed by atoms with E-state index in [0.29, 0.717) is 22.7 Å². The van der Waals surface area contributed by atoms with E-state index in [-0.39, 0.29) is 10.6 Å². The Labute approximate surface area is 168 Å². The van der Waals surface area contributed by atoms with Gasteiger partial charge in [-0.3, -0.25) is 9.72 Å². The molecule has 0 atom stereocenters. The molecule has 0 spiro atoms. The second-order valence-electron chi connectivity index (χ2n) is 7.24. The number of carbonyl (C=O) groups is 1. The van der Waals surface area contributed by atoms with Gasteiger partial charge >= 0.3 is 6.09 Å². The maximum absolute atomic E-state index is 13.0. The van der Waals surface area contributed by atoms with E-state index in [1.165, 1.54) is 20.4 Å². The molecule has 0 aromatic carbocycles. The number of aromatic nitrogens is 3. The Balaban J connectivity index is 2.12. The van der Waals surface area contributed by atoms with Crippen molar-refractivity contribution in [3.8, 4) is 17.0 Å². The van der Waals surface area contributed by atoms with Gasteiger partial charge in [0.15, 0.2) is 9.84 Å². The van der Waals surface area contributed by atoms with Crippen LogP contribution in [-0.4, -0.2) is 47.8 Å². The standard InChI is InChI=1S/C19H22N4O5S/c1-19(2,3)29(25,26)15-11-23-13(10-21-17(23)8-14(15)27-4)12-6-7-16(20-9-12)22-18(24)28-5/h6-11H,1-5H3,(H,20,22,24). The fourth-order valence-electron chi connectivity index (χ4n) is 2.67. The highest BCUT2D eigenvalue weighted by molar-refractivity contribution is 7.92. The molecule has 0 saturated carbocycles. The predicted octanol–water partition coefficient (Wildman–Crippen LogP) is 3.16. The molecule has 3 aromatic heterocycles. The number of fused-ring (bicyclic) bond motifs is 1. The highest BCUT2D eigenvalue weighted by atomic mass is 32.2. The Bertz CT molecular complexity index is 1160. The average Bonchev–Trinajstić information content (AvgIpc) is 3.09. The first-order valence-corrected chi connectivity index (χ1v) is 10.2. The lowest BCUT2D eigenvalue weighted by atomic mass is 10.2. The number of sulfone groups is 1. The van der Waals surface area contributed by atoms with E-state index in [1.807, 2.05) is 0 Å². The maximum Gasteiger partial charge on any atom is 0.412 e. The summed E-state index contributed by atoms with van der Waals surface area (Å²) in [7, 11) is -0.973. The molecule has 3 rings (SSSR count). The van der Waals surface area contributed by atoms with Crippen molar-refractivity contribution in [3.63, 3.8) is 0 Å². The van der Waals surface area contributed by atoms with Crippen LogP contribution in [0.2, 0.25) is 0 Å². The number of carbonyl (C=O) groups excluding carboxylic acids is 1. The highest BCUT2D eigenvalue weighted by Crippen LogP contribution is 2.34. The molecule has 154 valence electrons. The van der Waals surface area contributed by atoms with E-state index in [1.54, 1.807) is 55.8 Å². The third-order valence-electron chi connectivity index (χ3n) is 4.37. The fraction of sp³-hybridized carbons (Fsp3) is 0.316. The number of hydrogen-bond donors (Lipinski definition) is 1. The molecule has 0 fully saturated rings. The zero-order valence-corrected chi connectivity index (χ0v) is 17.6. The lowest BCUT2D eigenvalue weighted by Gasteiger charge is -2.21. The molecule has 10 heteroatoms. The van der Waals surface area contributed by atoms with Crippen LogP contribution in [0, 0.1) is 0 Å². The molecule has 1 N–H and O–H groups in total. The summed E-state index contributed by atoms with van der Waals surface area (Å²) in [6.07, 6.45) is 4.06. The zero-order valence-electron chi connectivity index (χ0n) is 16.8. The van der Waals surface area contributed by atoms with Crippen LogP contribution in [0.15, 0.2) is 41.7 Å². The lowest BCUT2D eigenvalue weighted by Crippen LogP contribution is -2.28. The van der Waals surface area contributed by atoms with Crippen molar-refractivity contribution in [3.05, 3.63) is 36.8 Å². The van der Waals surface area contributed by atoms with Gasteiger partial charge < -0.3 is 9.47 Å². The van der Waals surface area contributed by atoms with Gasteiger partial charge in [0.05, 0.1) is 30.9 Å². The predicted molar refractivity (Wildman–Crippen MR) is 108 cm³/mol. The summed E-state index contributed by atoms with van der Waals surface area (Å²) >= 11 is 0. The Morgan fingerprint density at radius 1 is 1.14 bits per heavy atom. The normalized spacial score (nSPS) is 12.0. The topological polar surface area (TPSA) is 112 Å². The molecular formula is C19H22N4O5S. The number of nitrogens with one attached hydrogen (secondary N) is 1. The number of anilines is 1. The minimum Gasteiger partial charge on any atom is -0.495 e. The van der Waals surface area contributed by atoms with Gasteiger partial charge in [0.25, 0.3) is 0 Å². The summed E-state index contributed by atoms with van der Waals surface area (Å²) in [5, 5.41) is 2.47. The van der Waals surface area contributed by atoms with Crippen molar-refractivity contribution in [2.24, 2.45) is 0 Å². The SMILES string of the molecule is COC(=O)Nc1ccc(-c2cnc3cc(OC)c(S(=O)(=O)C(C)(C)C)cn23)cn1. The van der Waals surface area contributed by atoms with E-state index in [2.05, 4.69) is 20.0 Å². The minimum atomic E-state index is -3.66. The third kappa shape index (κ3) is 3.75. The first kappa shape index (κ1) is 20.6. The number of pyridine rings is 2. The van der Waals surface area contributed by atoms with Gasteiger partial charge in [-0.2, -0.15) is 0 Å².